The fourth-order valence-corrected chi connectivity index (χ4v) is 5.46. The summed E-state index contributed by atoms with van der Waals surface area (Å²) in [5.41, 5.74) is -0.232. The molecular weight excluding hydrogens is 356 g/mol. The van der Waals surface area contributed by atoms with Crippen molar-refractivity contribution in [1.29, 1.82) is 5.26 Å². The summed E-state index contributed by atoms with van der Waals surface area (Å²) in [5.74, 6) is -2.04. The molecule has 0 bridgehead atoms. The Morgan fingerprint density at radius 1 is 1.12 bits per heavy atom. The first-order valence-electron chi connectivity index (χ1n) is 7.15. The van der Waals surface area contributed by atoms with Crippen LogP contribution in [0.15, 0.2) is 47.4 Å². The first-order valence-corrected chi connectivity index (χ1v) is 9.01. The highest BCUT2D eigenvalue weighted by Gasteiger charge is 2.57. The van der Waals surface area contributed by atoms with Gasteiger partial charge in [-0.2, -0.15) is 5.26 Å². The Hall–Kier alpha value is -1.97. The number of halogens is 3. The van der Waals surface area contributed by atoms with Gasteiger partial charge in [-0.1, -0.05) is 11.6 Å². The lowest BCUT2D eigenvalue weighted by Gasteiger charge is -2.44. The van der Waals surface area contributed by atoms with Gasteiger partial charge in [-0.05, 0) is 55.3 Å². The van der Waals surface area contributed by atoms with Crippen LogP contribution in [0.1, 0.15) is 18.4 Å². The van der Waals surface area contributed by atoms with E-state index in [-0.39, 0.29) is 23.3 Å². The summed E-state index contributed by atoms with van der Waals surface area (Å²) < 4.78 is 52.5. The zero-order valence-corrected chi connectivity index (χ0v) is 13.9. The maximum Gasteiger partial charge on any atom is 0.188 e. The molecule has 3 rings (SSSR count). The zero-order chi connectivity index (χ0) is 17.5. The second kappa shape index (κ2) is 5.83. The average Bonchev–Trinajstić information content (AvgIpc) is 2.50. The molecular formula is C17H12ClF2NO2S. The van der Waals surface area contributed by atoms with Crippen molar-refractivity contribution in [3.63, 3.8) is 0 Å². The van der Waals surface area contributed by atoms with Crippen LogP contribution in [0.25, 0.3) is 0 Å². The van der Waals surface area contributed by atoms with E-state index in [0.29, 0.717) is 5.02 Å². The number of rotatable bonds is 3. The van der Waals surface area contributed by atoms with E-state index in [1.165, 1.54) is 24.3 Å². The van der Waals surface area contributed by atoms with Crippen LogP contribution in [-0.4, -0.2) is 8.42 Å². The molecule has 0 saturated heterocycles. The van der Waals surface area contributed by atoms with Crippen LogP contribution < -0.4 is 0 Å². The van der Waals surface area contributed by atoms with Crippen LogP contribution in [0.5, 0.6) is 0 Å². The molecule has 0 radical (unpaired) electrons. The fraction of sp³-hybridized carbons (Fsp3) is 0.235. The van der Waals surface area contributed by atoms with E-state index in [4.69, 9.17) is 16.9 Å². The third-order valence-corrected chi connectivity index (χ3v) is 7.12. The summed E-state index contributed by atoms with van der Waals surface area (Å²) in [6, 6.07) is 10.2. The summed E-state index contributed by atoms with van der Waals surface area (Å²) in [5, 5.41) is 9.40. The third kappa shape index (κ3) is 2.48. The molecule has 1 aliphatic carbocycles. The quantitative estimate of drug-likeness (QED) is 0.816. The van der Waals surface area contributed by atoms with Gasteiger partial charge in [0.15, 0.2) is 9.84 Å². The highest BCUT2D eigenvalue weighted by atomic mass is 35.5. The minimum absolute atomic E-state index is 0.0352. The number of nitrogens with zero attached hydrogens (tertiary/aromatic N) is 1. The van der Waals surface area contributed by atoms with Gasteiger partial charge in [0.25, 0.3) is 0 Å². The molecule has 0 aromatic heterocycles. The van der Waals surface area contributed by atoms with Crippen molar-refractivity contribution in [2.45, 2.75) is 22.5 Å². The molecule has 0 atom stereocenters. The molecule has 0 aliphatic heterocycles. The number of sulfone groups is 1. The first kappa shape index (κ1) is 16.9. The monoisotopic (exact) mass is 367 g/mol. The standard InChI is InChI=1S/C17H12ClF2NO2S/c18-12-1-4-14(5-2-12)24(22,23)17(8-11(9-17)10-21)15-7-13(19)3-6-16(15)20/h1-7,11H,8-9H2/t11-,17+. The van der Waals surface area contributed by atoms with Crippen molar-refractivity contribution in [3.05, 3.63) is 64.7 Å². The van der Waals surface area contributed by atoms with Crippen LogP contribution in [0.4, 0.5) is 8.78 Å². The molecule has 2 aromatic rings. The topological polar surface area (TPSA) is 57.9 Å². The minimum atomic E-state index is -4.03. The van der Waals surface area contributed by atoms with Gasteiger partial charge in [-0.3, -0.25) is 0 Å². The maximum atomic E-state index is 14.3. The van der Waals surface area contributed by atoms with Crippen molar-refractivity contribution in [2.75, 3.05) is 0 Å². The lowest BCUT2D eigenvalue weighted by atomic mass is 9.71. The number of nitriles is 1. The third-order valence-electron chi connectivity index (χ3n) is 4.39. The molecule has 3 nitrogen and oxygen atoms in total. The van der Waals surface area contributed by atoms with Crippen LogP contribution in [0.3, 0.4) is 0 Å². The Bertz CT molecular complexity index is 930. The van der Waals surface area contributed by atoms with Gasteiger partial charge in [0.1, 0.15) is 16.4 Å². The normalized spacial score (nSPS) is 23.3. The van der Waals surface area contributed by atoms with Gasteiger partial charge in [-0.25, -0.2) is 17.2 Å². The van der Waals surface area contributed by atoms with E-state index in [1.807, 2.05) is 6.07 Å². The predicted molar refractivity (Wildman–Crippen MR) is 85.0 cm³/mol. The van der Waals surface area contributed by atoms with E-state index >= 15 is 0 Å². The van der Waals surface area contributed by atoms with Crippen molar-refractivity contribution < 1.29 is 17.2 Å². The van der Waals surface area contributed by atoms with Crippen molar-refractivity contribution >= 4 is 21.4 Å². The molecule has 0 unspecified atom stereocenters. The smallest absolute Gasteiger partial charge is 0.188 e. The van der Waals surface area contributed by atoms with E-state index < -0.39 is 32.1 Å². The van der Waals surface area contributed by atoms with Crippen molar-refractivity contribution in [2.24, 2.45) is 5.92 Å². The number of hydrogen-bond donors (Lipinski definition) is 0. The summed E-state index contributed by atoms with van der Waals surface area (Å²) in [4.78, 5) is -0.0352. The lowest BCUT2D eigenvalue weighted by molar-refractivity contribution is 0.265. The first-order chi connectivity index (χ1) is 11.3. The second-order valence-corrected chi connectivity index (χ2v) is 8.51. The van der Waals surface area contributed by atoms with Gasteiger partial charge in [0.05, 0.1) is 16.9 Å². The Morgan fingerprint density at radius 2 is 1.75 bits per heavy atom. The van der Waals surface area contributed by atoms with E-state index in [2.05, 4.69) is 0 Å². The van der Waals surface area contributed by atoms with E-state index in [1.54, 1.807) is 0 Å². The Kier molecular flexibility index (Phi) is 4.10. The number of hydrogen-bond acceptors (Lipinski definition) is 3. The maximum absolute atomic E-state index is 14.3. The Balaban J connectivity index is 2.19. The van der Waals surface area contributed by atoms with E-state index in [0.717, 1.165) is 18.2 Å². The molecule has 2 aromatic carbocycles. The summed E-state index contributed by atoms with van der Waals surface area (Å²) in [6.45, 7) is 0. The molecule has 1 saturated carbocycles. The van der Waals surface area contributed by atoms with Crippen LogP contribution in [0.2, 0.25) is 5.02 Å². The summed E-state index contributed by atoms with van der Waals surface area (Å²) in [6.07, 6.45) is -0.149. The summed E-state index contributed by atoms with van der Waals surface area (Å²) in [7, 11) is -4.03. The van der Waals surface area contributed by atoms with Crippen LogP contribution >= 0.6 is 11.6 Å². The van der Waals surface area contributed by atoms with Gasteiger partial charge < -0.3 is 0 Å². The SMILES string of the molecule is N#C[C@H]1C[C@@](c2cc(F)ccc2F)(S(=O)(=O)c2ccc(Cl)cc2)C1. The molecule has 7 heteroatoms. The van der Waals surface area contributed by atoms with Gasteiger partial charge in [-0.15, -0.1) is 0 Å². The number of benzene rings is 2. The summed E-state index contributed by atoms with van der Waals surface area (Å²) >= 11 is 5.79. The molecule has 1 aliphatic rings. The second-order valence-electron chi connectivity index (χ2n) is 5.81. The lowest BCUT2D eigenvalue weighted by Crippen LogP contribution is -2.48. The molecule has 0 N–H and O–H groups in total. The van der Waals surface area contributed by atoms with Gasteiger partial charge in [0.2, 0.25) is 0 Å². The Morgan fingerprint density at radius 3 is 2.33 bits per heavy atom. The van der Waals surface area contributed by atoms with E-state index in [9.17, 15) is 17.2 Å². The predicted octanol–water partition coefficient (Wildman–Crippen LogP) is 4.22. The average molecular weight is 368 g/mol. The minimum Gasteiger partial charge on any atom is -0.223 e. The molecule has 124 valence electrons. The largest absolute Gasteiger partial charge is 0.223 e. The fourth-order valence-electron chi connectivity index (χ4n) is 3.10. The van der Waals surface area contributed by atoms with Crippen LogP contribution in [-0.2, 0) is 14.6 Å². The van der Waals surface area contributed by atoms with Gasteiger partial charge in [0, 0.05) is 10.6 Å². The highest BCUT2D eigenvalue weighted by Crippen LogP contribution is 2.54. The molecule has 0 spiro atoms. The molecule has 24 heavy (non-hydrogen) atoms. The Labute approximate surface area is 143 Å². The molecule has 0 heterocycles. The highest BCUT2D eigenvalue weighted by molar-refractivity contribution is 7.92. The molecule has 1 fully saturated rings. The zero-order valence-electron chi connectivity index (χ0n) is 12.3. The van der Waals surface area contributed by atoms with Crippen molar-refractivity contribution in [1.82, 2.24) is 0 Å². The molecule has 0 amide bonds. The van der Waals surface area contributed by atoms with Crippen molar-refractivity contribution in [3.8, 4) is 6.07 Å². The van der Waals surface area contributed by atoms with Crippen LogP contribution in [0, 0.1) is 28.9 Å². The van der Waals surface area contributed by atoms with Gasteiger partial charge >= 0.3 is 0 Å².